The van der Waals surface area contributed by atoms with Crippen LogP contribution < -0.4 is 0 Å². The number of benzene rings is 2. The zero-order valence-corrected chi connectivity index (χ0v) is 13.9. The molecule has 2 aromatic rings. The standard InChI is InChI=1S/C18H21NO3S/c1-15-14-22-17(12-16-8-4-2-5-9-16)13-19(15)23(20,21)18-10-6-3-7-11-18/h2-11,15,17H,12-14H2,1H3. The van der Waals surface area contributed by atoms with Gasteiger partial charge in [0.2, 0.25) is 10.0 Å². The van der Waals surface area contributed by atoms with Crippen LogP contribution in [-0.2, 0) is 21.2 Å². The summed E-state index contributed by atoms with van der Waals surface area (Å²) in [6.07, 6.45) is 0.598. The molecule has 0 N–H and O–H groups in total. The second kappa shape index (κ2) is 6.83. The molecule has 1 aliphatic heterocycles. The van der Waals surface area contributed by atoms with E-state index in [1.165, 1.54) is 0 Å². The fraction of sp³-hybridized carbons (Fsp3) is 0.333. The molecule has 5 heteroatoms. The van der Waals surface area contributed by atoms with Crippen molar-refractivity contribution in [3.63, 3.8) is 0 Å². The van der Waals surface area contributed by atoms with Crippen LogP contribution in [0.15, 0.2) is 65.6 Å². The lowest BCUT2D eigenvalue weighted by molar-refractivity contribution is -0.0265. The maximum absolute atomic E-state index is 12.9. The number of sulfonamides is 1. The van der Waals surface area contributed by atoms with E-state index in [0.29, 0.717) is 24.5 Å². The van der Waals surface area contributed by atoms with Gasteiger partial charge in [0.1, 0.15) is 0 Å². The monoisotopic (exact) mass is 331 g/mol. The Bertz CT molecular complexity index is 731. The summed E-state index contributed by atoms with van der Waals surface area (Å²) < 4.78 is 33.2. The van der Waals surface area contributed by atoms with Gasteiger partial charge in [-0.2, -0.15) is 4.31 Å². The van der Waals surface area contributed by atoms with E-state index in [4.69, 9.17) is 4.74 Å². The normalized spacial score (nSPS) is 22.8. The third kappa shape index (κ3) is 3.63. The quantitative estimate of drug-likeness (QED) is 0.865. The van der Waals surface area contributed by atoms with Gasteiger partial charge in [-0.15, -0.1) is 0 Å². The molecule has 0 radical (unpaired) electrons. The highest BCUT2D eigenvalue weighted by Gasteiger charge is 2.35. The molecule has 1 heterocycles. The van der Waals surface area contributed by atoms with Crippen molar-refractivity contribution in [1.82, 2.24) is 4.31 Å². The SMILES string of the molecule is CC1COC(Cc2ccccc2)CN1S(=O)(=O)c1ccccc1. The molecule has 0 aliphatic carbocycles. The van der Waals surface area contributed by atoms with E-state index in [1.807, 2.05) is 43.3 Å². The molecule has 1 saturated heterocycles. The Kier molecular flexibility index (Phi) is 4.80. The van der Waals surface area contributed by atoms with Crippen LogP contribution in [0.1, 0.15) is 12.5 Å². The number of hydrogen-bond acceptors (Lipinski definition) is 3. The molecular formula is C18H21NO3S. The zero-order valence-electron chi connectivity index (χ0n) is 13.1. The van der Waals surface area contributed by atoms with Gasteiger partial charge in [-0.25, -0.2) is 8.42 Å². The topological polar surface area (TPSA) is 46.6 Å². The minimum absolute atomic E-state index is 0.118. The molecule has 0 amide bonds. The molecule has 3 rings (SSSR count). The van der Waals surface area contributed by atoms with Gasteiger partial charge < -0.3 is 4.74 Å². The van der Waals surface area contributed by atoms with Crippen molar-refractivity contribution in [2.24, 2.45) is 0 Å². The van der Waals surface area contributed by atoms with Crippen LogP contribution in [0.4, 0.5) is 0 Å². The second-order valence-corrected chi connectivity index (χ2v) is 7.77. The number of ether oxygens (including phenoxy) is 1. The van der Waals surface area contributed by atoms with Crippen molar-refractivity contribution in [3.05, 3.63) is 66.2 Å². The first-order valence-electron chi connectivity index (χ1n) is 7.80. The van der Waals surface area contributed by atoms with Crippen molar-refractivity contribution in [2.75, 3.05) is 13.2 Å². The average Bonchev–Trinajstić information content (AvgIpc) is 2.58. The molecule has 4 nitrogen and oxygen atoms in total. The van der Waals surface area contributed by atoms with E-state index in [2.05, 4.69) is 0 Å². The van der Waals surface area contributed by atoms with Gasteiger partial charge in [0.15, 0.2) is 0 Å². The van der Waals surface area contributed by atoms with E-state index >= 15 is 0 Å². The fourth-order valence-electron chi connectivity index (χ4n) is 2.86. The lowest BCUT2D eigenvalue weighted by Gasteiger charge is -2.37. The molecule has 0 aromatic heterocycles. The van der Waals surface area contributed by atoms with Crippen molar-refractivity contribution in [2.45, 2.75) is 30.4 Å². The van der Waals surface area contributed by atoms with E-state index in [9.17, 15) is 8.42 Å². The van der Waals surface area contributed by atoms with Crippen LogP contribution in [0.2, 0.25) is 0 Å². The Morgan fingerprint density at radius 3 is 2.30 bits per heavy atom. The van der Waals surface area contributed by atoms with Crippen LogP contribution in [0, 0.1) is 0 Å². The molecule has 0 saturated carbocycles. The summed E-state index contributed by atoms with van der Waals surface area (Å²) in [6.45, 7) is 2.69. The lowest BCUT2D eigenvalue weighted by atomic mass is 10.1. The maximum Gasteiger partial charge on any atom is 0.243 e. The Morgan fingerprint density at radius 1 is 1.04 bits per heavy atom. The largest absolute Gasteiger partial charge is 0.375 e. The Morgan fingerprint density at radius 2 is 1.65 bits per heavy atom. The number of nitrogens with zero attached hydrogens (tertiary/aromatic N) is 1. The van der Waals surface area contributed by atoms with Crippen LogP contribution in [0.25, 0.3) is 0 Å². The average molecular weight is 331 g/mol. The molecule has 122 valence electrons. The Hall–Kier alpha value is -1.69. The summed E-state index contributed by atoms with van der Waals surface area (Å²) in [5.74, 6) is 0. The van der Waals surface area contributed by atoms with Crippen LogP contribution in [0.3, 0.4) is 0 Å². The molecule has 2 aromatic carbocycles. The van der Waals surface area contributed by atoms with Gasteiger partial charge in [0.25, 0.3) is 0 Å². The first-order chi connectivity index (χ1) is 11.1. The summed E-state index contributed by atoms with van der Waals surface area (Å²) in [6, 6.07) is 18.5. The highest BCUT2D eigenvalue weighted by Crippen LogP contribution is 2.23. The van der Waals surface area contributed by atoms with Gasteiger partial charge in [-0.1, -0.05) is 48.5 Å². The minimum atomic E-state index is -3.48. The Balaban J connectivity index is 1.78. The minimum Gasteiger partial charge on any atom is -0.375 e. The molecule has 1 fully saturated rings. The van der Waals surface area contributed by atoms with E-state index < -0.39 is 10.0 Å². The van der Waals surface area contributed by atoms with E-state index in [0.717, 1.165) is 5.56 Å². The van der Waals surface area contributed by atoms with Crippen LogP contribution in [-0.4, -0.2) is 38.0 Å². The van der Waals surface area contributed by atoms with Gasteiger partial charge in [0, 0.05) is 12.6 Å². The lowest BCUT2D eigenvalue weighted by Crippen LogP contribution is -2.51. The van der Waals surface area contributed by atoms with Crippen LogP contribution in [0.5, 0.6) is 0 Å². The van der Waals surface area contributed by atoms with Gasteiger partial charge in [-0.3, -0.25) is 0 Å². The third-order valence-electron chi connectivity index (χ3n) is 4.10. The predicted molar refractivity (Wildman–Crippen MR) is 89.7 cm³/mol. The molecule has 2 atom stereocenters. The molecule has 23 heavy (non-hydrogen) atoms. The molecule has 0 bridgehead atoms. The zero-order chi connectivity index (χ0) is 16.3. The van der Waals surface area contributed by atoms with Crippen LogP contribution >= 0.6 is 0 Å². The van der Waals surface area contributed by atoms with E-state index in [1.54, 1.807) is 28.6 Å². The van der Waals surface area contributed by atoms with Crippen molar-refractivity contribution in [1.29, 1.82) is 0 Å². The van der Waals surface area contributed by atoms with Crippen molar-refractivity contribution in [3.8, 4) is 0 Å². The van der Waals surface area contributed by atoms with Gasteiger partial charge in [-0.05, 0) is 31.0 Å². The second-order valence-electron chi connectivity index (χ2n) is 5.88. The van der Waals surface area contributed by atoms with Crippen molar-refractivity contribution < 1.29 is 13.2 Å². The first kappa shape index (κ1) is 16.2. The highest BCUT2D eigenvalue weighted by atomic mass is 32.2. The summed E-state index contributed by atoms with van der Waals surface area (Å²) in [4.78, 5) is 0.340. The van der Waals surface area contributed by atoms with Gasteiger partial charge >= 0.3 is 0 Å². The summed E-state index contributed by atoms with van der Waals surface area (Å²) >= 11 is 0. The van der Waals surface area contributed by atoms with Crippen molar-refractivity contribution >= 4 is 10.0 Å². The first-order valence-corrected chi connectivity index (χ1v) is 9.24. The fourth-order valence-corrected chi connectivity index (χ4v) is 4.52. The molecule has 0 spiro atoms. The van der Waals surface area contributed by atoms with Gasteiger partial charge in [0.05, 0.1) is 17.6 Å². The summed E-state index contributed by atoms with van der Waals surface area (Å²) in [5.41, 5.74) is 1.16. The molecule has 1 aliphatic rings. The smallest absolute Gasteiger partial charge is 0.243 e. The highest BCUT2D eigenvalue weighted by molar-refractivity contribution is 7.89. The number of morpholine rings is 1. The predicted octanol–water partition coefficient (Wildman–Crippen LogP) is 2.71. The number of rotatable bonds is 4. The number of hydrogen-bond donors (Lipinski definition) is 0. The summed E-state index contributed by atoms with van der Waals surface area (Å²) in [7, 11) is -3.48. The third-order valence-corrected chi connectivity index (χ3v) is 6.10. The molecular weight excluding hydrogens is 310 g/mol. The summed E-state index contributed by atoms with van der Waals surface area (Å²) in [5, 5.41) is 0. The maximum atomic E-state index is 12.9. The molecule has 2 unspecified atom stereocenters. The van der Waals surface area contributed by atoms with E-state index in [-0.39, 0.29) is 12.1 Å². The Labute approximate surface area is 137 Å².